The van der Waals surface area contributed by atoms with Crippen LogP contribution in [0.4, 0.5) is 0 Å². The molecule has 1 amide bonds. The number of ether oxygens (including phenoxy) is 1. The molecule has 9 heteroatoms. The molecule has 33 heavy (non-hydrogen) atoms. The number of aliphatic hydroxyl groups excluding tert-OH is 3. The summed E-state index contributed by atoms with van der Waals surface area (Å²) in [6.07, 6.45) is -0.726. The van der Waals surface area contributed by atoms with Crippen molar-refractivity contribution in [1.29, 1.82) is 0 Å². The zero-order chi connectivity index (χ0) is 22.6. The molecule has 1 saturated carbocycles. The highest BCUT2D eigenvalue weighted by Gasteiger charge is 2.56. The molecule has 0 spiro atoms. The first kappa shape index (κ1) is 26.1. The van der Waals surface area contributed by atoms with E-state index in [1.807, 2.05) is 19.9 Å². The molecule has 0 bridgehead atoms. The highest BCUT2D eigenvalue weighted by atomic mass is 16.5. The van der Waals surface area contributed by atoms with E-state index in [9.17, 15) is 29.7 Å². The molecule has 4 rings (SSSR count). The number of primary amides is 1. The van der Waals surface area contributed by atoms with Crippen molar-refractivity contribution >= 4 is 23.2 Å². The average Bonchev–Trinajstić information content (AvgIpc) is 2.72. The molecule has 180 valence electrons. The summed E-state index contributed by atoms with van der Waals surface area (Å²) in [6, 6.07) is 5.30. The predicted octanol–water partition coefficient (Wildman–Crippen LogP) is 1.74. The highest BCUT2D eigenvalue weighted by molar-refractivity contribution is 6.21. The fourth-order valence-electron chi connectivity index (χ4n) is 5.27. The molecule has 3 aliphatic rings. The van der Waals surface area contributed by atoms with Crippen molar-refractivity contribution in [3.05, 3.63) is 46.2 Å². The maximum absolute atomic E-state index is 13.5. The molecule has 9 nitrogen and oxygen atoms in total. The van der Waals surface area contributed by atoms with Crippen molar-refractivity contribution in [2.75, 3.05) is 6.61 Å². The van der Waals surface area contributed by atoms with Crippen LogP contribution >= 0.6 is 0 Å². The number of allylic oxidation sites excluding steroid dienone is 1. The van der Waals surface area contributed by atoms with Crippen molar-refractivity contribution < 1.29 is 39.9 Å². The zero-order valence-corrected chi connectivity index (χ0v) is 17.8. The number of carbonyl (C=O) groups excluding carboxylic acids is 3. The van der Waals surface area contributed by atoms with Crippen LogP contribution in [0, 0.1) is 17.8 Å². The number of amides is 1. The predicted molar refractivity (Wildman–Crippen MR) is 120 cm³/mol. The topological polar surface area (TPSA) is 179 Å². The van der Waals surface area contributed by atoms with Gasteiger partial charge in [0.2, 0.25) is 0 Å². The van der Waals surface area contributed by atoms with Crippen molar-refractivity contribution in [2.45, 2.75) is 46.1 Å². The number of carbonyl (C=O) groups is 3. The lowest BCUT2D eigenvalue weighted by atomic mass is 9.57. The molecule has 1 fully saturated rings. The molecule has 1 aromatic carbocycles. The first-order valence-electron chi connectivity index (χ1n) is 10.4. The Bertz CT molecular complexity index is 1060. The fraction of sp³-hybridized carbons (Fsp3) is 0.458. The summed E-state index contributed by atoms with van der Waals surface area (Å²) in [5, 5.41) is 32.9. The quantitative estimate of drug-likeness (QED) is 0.493. The summed E-state index contributed by atoms with van der Waals surface area (Å²) in [4.78, 5) is 37.5. The van der Waals surface area contributed by atoms with Gasteiger partial charge in [0.25, 0.3) is 5.91 Å². The second-order valence-electron chi connectivity index (χ2n) is 8.39. The second kappa shape index (κ2) is 9.36. The van der Waals surface area contributed by atoms with Crippen LogP contribution in [0.5, 0.6) is 5.75 Å². The van der Waals surface area contributed by atoms with Gasteiger partial charge in [-0.05, 0) is 24.0 Å². The van der Waals surface area contributed by atoms with Crippen molar-refractivity contribution in [1.82, 2.24) is 0 Å². The van der Waals surface area contributed by atoms with Gasteiger partial charge in [0, 0.05) is 23.8 Å². The zero-order valence-electron chi connectivity index (χ0n) is 17.8. The van der Waals surface area contributed by atoms with Crippen LogP contribution in [0.15, 0.2) is 35.1 Å². The van der Waals surface area contributed by atoms with Gasteiger partial charge < -0.3 is 31.3 Å². The molecule has 1 aromatic rings. The lowest BCUT2D eigenvalue weighted by molar-refractivity contribution is -0.133. The SMILES string of the molecule is C.CCCOc1cccc2c1C(O)=C1C(=O)C3C(O)=C(C(N)=O)C(=O)C[C@@H]3[C@@H](O)[C@@H]1[C@H]2C.O. The number of rotatable bonds is 4. The normalized spacial score (nSPS) is 28.2. The van der Waals surface area contributed by atoms with Gasteiger partial charge in [-0.2, -0.15) is 0 Å². The third-order valence-corrected chi connectivity index (χ3v) is 6.65. The van der Waals surface area contributed by atoms with E-state index in [4.69, 9.17) is 10.5 Å². The molecule has 0 aromatic heterocycles. The van der Waals surface area contributed by atoms with E-state index in [1.165, 1.54) is 0 Å². The number of hydrogen-bond donors (Lipinski definition) is 4. The van der Waals surface area contributed by atoms with Gasteiger partial charge in [-0.3, -0.25) is 14.4 Å². The van der Waals surface area contributed by atoms with Crippen molar-refractivity contribution in [2.24, 2.45) is 23.5 Å². The number of Topliss-reactive ketones (excluding diaryl/α,β-unsaturated/α-hetero) is 2. The smallest absolute Gasteiger partial charge is 0.255 e. The van der Waals surface area contributed by atoms with Crippen LogP contribution in [0.3, 0.4) is 0 Å². The van der Waals surface area contributed by atoms with Crippen LogP contribution in [0.1, 0.15) is 51.2 Å². The molecule has 3 aliphatic carbocycles. The number of nitrogens with two attached hydrogens (primary N) is 1. The summed E-state index contributed by atoms with van der Waals surface area (Å²) in [6.45, 7) is 4.21. The Kier molecular flexibility index (Phi) is 7.40. The van der Waals surface area contributed by atoms with Crippen LogP contribution in [0.2, 0.25) is 0 Å². The van der Waals surface area contributed by atoms with Gasteiger partial charge in [-0.1, -0.05) is 33.4 Å². The third-order valence-electron chi connectivity index (χ3n) is 6.65. The molecule has 5 atom stereocenters. The fourth-order valence-corrected chi connectivity index (χ4v) is 5.27. The van der Waals surface area contributed by atoms with E-state index in [0.29, 0.717) is 17.9 Å². The third kappa shape index (κ3) is 3.71. The first-order valence-corrected chi connectivity index (χ1v) is 10.4. The maximum Gasteiger partial charge on any atom is 0.255 e. The minimum atomic E-state index is -1.32. The summed E-state index contributed by atoms with van der Waals surface area (Å²) in [5.41, 5.74) is 5.71. The molecule has 7 N–H and O–H groups in total. The van der Waals surface area contributed by atoms with E-state index < -0.39 is 52.7 Å². The number of ketones is 2. The van der Waals surface area contributed by atoms with E-state index in [0.717, 1.165) is 12.0 Å². The first-order chi connectivity index (χ1) is 14.7. The molecule has 0 aliphatic heterocycles. The Morgan fingerprint density at radius 2 is 1.91 bits per heavy atom. The van der Waals surface area contributed by atoms with Crippen LogP contribution in [0.25, 0.3) is 5.76 Å². The molecule has 0 saturated heterocycles. The maximum atomic E-state index is 13.5. The van der Waals surface area contributed by atoms with Crippen molar-refractivity contribution in [3.8, 4) is 5.75 Å². The van der Waals surface area contributed by atoms with Crippen LogP contribution in [-0.2, 0) is 14.4 Å². The van der Waals surface area contributed by atoms with E-state index >= 15 is 0 Å². The van der Waals surface area contributed by atoms with Gasteiger partial charge >= 0.3 is 0 Å². The standard InChI is InChI=1S/C23H25NO7.CH4.H2O/c1-3-7-31-13-6-4-5-10-9(2)14-18(20(27)15(10)13)22(29)16-11(19(14)26)8-12(25)17(21(16)28)23(24)30;;/h4-6,9,11,14,16,19,26-28H,3,7-8H2,1-2H3,(H2,24,30);1H4;1H2/t9-,11-,14+,16?,19+;;/m0../s1. The summed E-state index contributed by atoms with van der Waals surface area (Å²) in [5.74, 6) is -6.41. The van der Waals surface area contributed by atoms with E-state index in [2.05, 4.69) is 0 Å². The van der Waals surface area contributed by atoms with Gasteiger partial charge in [-0.15, -0.1) is 0 Å². The Morgan fingerprint density at radius 3 is 2.52 bits per heavy atom. The Labute approximate surface area is 191 Å². The van der Waals surface area contributed by atoms with Gasteiger partial charge in [0.1, 0.15) is 22.8 Å². The Hall–Kier alpha value is -3.17. The average molecular weight is 462 g/mol. The monoisotopic (exact) mass is 461 g/mol. The summed E-state index contributed by atoms with van der Waals surface area (Å²) in [7, 11) is 0. The molecule has 0 heterocycles. The van der Waals surface area contributed by atoms with E-state index in [1.54, 1.807) is 12.1 Å². The summed E-state index contributed by atoms with van der Waals surface area (Å²) < 4.78 is 5.77. The molecular formula is C24H31NO8. The van der Waals surface area contributed by atoms with Gasteiger partial charge in [0.15, 0.2) is 11.6 Å². The Morgan fingerprint density at radius 1 is 1.24 bits per heavy atom. The highest BCUT2D eigenvalue weighted by Crippen LogP contribution is 2.54. The number of fused-ring (bicyclic) bond motifs is 3. The molecule has 1 unspecified atom stereocenters. The van der Waals surface area contributed by atoms with Crippen LogP contribution < -0.4 is 10.5 Å². The Balaban J connectivity index is 0.00000193. The number of benzene rings is 1. The lowest BCUT2D eigenvalue weighted by Crippen LogP contribution is -2.52. The minimum Gasteiger partial charge on any atom is -0.511 e. The number of aliphatic hydroxyl groups is 3. The number of hydrogen-bond acceptors (Lipinski definition) is 7. The van der Waals surface area contributed by atoms with Gasteiger partial charge in [0.05, 0.1) is 24.2 Å². The second-order valence-corrected chi connectivity index (χ2v) is 8.39. The summed E-state index contributed by atoms with van der Waals surface area (Å²) >= 11 is 0. The lowest BCUT2D eigenvalue weighted by Gasteiger charge is -2.46. The molecule has 0 radical (unpaired) electrons. The van der Waals surface area contributed by atoms with E-state index in [-0.39, 0.29) is 36.6 Å². The van der Waals surface area contributed by atoms with Gasteiger partial charge in [-0.25, -0.2) is 0 Å². The molecular weight excluding hydrogens is 430 g/mol. The minimum absolute atomic E-state index is 0. The van der Waals surface area contributed by atoms with Crippen molar-refractivity contribution in [3.63, 3.8) is 0 Å². The largest absolute Gasteiger partial charge is 0.511 e. The van der Waals surface area contributed by atoms with Crippen LogP contribution in [-0.4, -0.2) is 51.0 Å².